The van der Waals surface area contributed by atoms with Crippen LogP contribution in [0.25, 0.3) is 0 Å². The first kappa shape index (κ1) is 13.9. The molecule has 5 nitrogen and oxygen atoms in total. The highest BCUT2D eigenvalue weighted by Gasteiger charge is 2.34. The third-order valence-corrected chi connectivity index (χ3v) is 4.95. The molecule has 1 N–H and O–H groups in total. The number of hydrogen-bond donors (Lipinski definition) is 1. The second kappa shape index (κ2) is 5.44. The second-order valence-electron chi connectivity index (χ2n) is 4.77. The molecular weight excluding hydrogens is 226 g/mol. The molecule has 0 amide bonds. The molecule has 6 heteroatoms. The summed E-state index contributed by atoms with van der Waals surface area (Å²) in [5.74, 6) is 0.320. The van der Waals surface area contributed by atoms with Crippen molar-refractivity contribution >= 4 is 10.2 Å². The molecule has 0 saturated carbocycles. The van der Waals surface area contributed by atoms with Crippen molar-refractivity contribution in [2.45, 2.75) is 26.3 Å². The average molecular weight is 249 g/mol. The van der Waals surface area contributed by atoms with Crippen molar-refractivity contribution in [1.82, 2.24) is 13.9 Å². The summed E-state index contributed by atoms with van der Waals surface area (Å²) in [5.41, 5.74) is 0. The van der Waals surface area contributed by atoms with E-state index >= 15 is 0 Å². The summed E-state index contributed by atoms with van der Waals surface area (Å²) >= 11 is 0. The van der Waals surface area contributed by atoms with Crippen LogP contribution < -0.4 is 5.32 Å². The van der Waals surface area contributed by atoms with E-state index < -0.39 is 10.2 Å². The lowest BCUT2D eigenvalue weighted by Crippen LogP contribution is -2.50. The van der Waals surface area contributed by atoms with E-state index in [1.807, 2.05) is 0 Å². The lowest BCUT2D eigenvalue weighted by atomic mass is 10.1. The second-order valence-corrected chi connectivity index (χ2v) is 6.86. The largest absolute Gasteiger partial charge is 0.315 e. The summed E-state index contributed by atoms with van der Waals surface area (Å²) in [4.78, 5) is 0. The Morgan fingerprint density at radius 2 is 2.00 bits per heavy atom. The number of rotatable bonds is 3. The van der Waals surface area contributed by atoms with Crippen molar-refractivity contribution in [3.05, 3.63) is 0 Å². The van der Waals surface area contributed by atoms with Crippen LogP contribution in [0.3, 0.4) is 0 Å². The summed E-state index contributed by atoms with van der Waals surface area (Å²) in [5, 5.41) is 3.30. The molecule has 1 aliphatic heterocycles. The molecule has 0 aromatic heterocycles. The van der Waals surface area contributed by atoms with Crippen molar-refractivity contribution in [2.24, 2.45) is 5.92 Å². The average Bonchev–Trinajstić information content (AvgIpc) is 2.42. The zero-order valence-electron chi connectivity index (χ0n) is 10.6. The highest BCUT2D eigenvalue weighted by molar-refractivity contribution is 7.86. The zero-order valence-corrected chi connectivity index (χ0v) is 11.4. The Bertz CT molecular complexity index is 314. The molecule has 0 aromatic carbocycles. The van der Waals surface area contributed by atoms with Crippen LogP contribution in [0.15, 0.2) is 0 Å². The Balaban J connectivity index is 2.96. The smallest absolute Gasteiger partial charge is 0.281 e. The predicted octanol–water partition coefficient (Wildman–Crippen LogP) is 0.113. The van der Waals surface area contributed by atoms with E-state index in [9.17, 15) is 8.42 Å². The van der Waals surface area contributed by atoms with Crippen molar-refractivity contribution < 1.29 is 8.42 Å². The van der Waals surface area contributed by atoms with Crippen molar-refractivity contribution in [1.29, 1.82) is 0 Å². The molecule has 0 aliphatic carbocycles. The number of nitrogens with one attached hydrogen (secondary N) is 1. The Labute approximate surface area is 99.0 Å². The maximum absolute atomic E-state index is 12.2. The van der Waals surface area contributed by atoms with E-state index in [0.717, 1.165) is 19.5 Å². The van der Waals surface area contributed by atoms with Crippen molar-refractivity contribution in [2.75, 3.05) is 33.7 Å². The molecule has 1 rings (SSSR count). The van der Waals surface area contributed by atoms with Gasteiger partial charge in [0.25, 0.3) is 10.2 Å². The van der Waals surface area contributed by atoms with Crippen LogP contribution in [0.1, 0.15) is 20.3 Å². The molecule has 1 fully saturated rings. The summed E-state index contributed by atoms with van der Waals surface area (Å²) < 4.78 is 27.3. The molecular formula is C10H23N3O2S. The SMILES string of the molecule is CC(C)C1CNCCCN1S(=O)(=O)N(C)C. The Morgan fingerprint density at radius 3 is 2.50 bits per heavy atom. The molecule has 1 atom stereocenters. The minimum atomic E-state index is -3.29. The molecule has 0 bridgehead atoms. The minimum absolute atomic E-state index is 0.0508. The monoisotopic (exact) mass is 249 g/mol. The van der Waals surface area contributed by atoms with Crippen LogP contribution in [0.4, 0.5) is 0 Å². The molecule has 0 spiro atoms. The van der Waals surface area contributed by atoms with Crippen LogP contribution >= 0.6 is 0 Å². The molecule has 0 aromatic rings. The fourth-order valence-corrected chi connectivity index (χ4v) is 3.38. The highest BCUT2D eigenvalue weighted by Crippen LogP contribution is 2.18. The fourth-order valence-electron chi connectivity index (χ4n) is 1.94. The Kier molecular flexibility index (Phi) is 4.73. The summed E-state index contributed by atoms with van der Waals surface area (Å²) in [6.45, 7) is 6.37. The normalized spacial score (nSPS) is 25.0. The topological polar surface area (TPSA) is 52.7 Å². The van der Waals surface area contributed by atoms with E-state index in [1.54, 1.807) is 18.4 Å². The summed E-state index contributed by atoms with van der Waals surface area (Å²) in [6, 6.07) is 0.0508. The first-order chi connectivity index (χ1) is 7.37. The zero-order chi connectivity index (χ0) is 12.3. The Morgan fingerprint density at radius 1 is 1.38 bits per heavy atom. The molecule has 1 aliphatic rings. The van der Waals surface area contributed by atoms with Gasteiger partial charge >= 0.3 is 0 Å². The molecule has 16 heavy (non-hydrogen) atoms. The van der Waals surface area contributed by atoms with Crippen molar-refractivity contribution in [3.8, 4) is 0 Å². The van der Waals surface area contributed by atoms with Gasteiger partial charge < -0.3 is 5.32 Å². The predicted molar refractivity (Wildman–Crippen MR) is 65.4 cm³/mol. The lowest BCUT2D eigenvalue weighted by Gasteiger charge is -2.33. The minimum Gasteiger partial charge on any atom is -0.315 e. The molecule has 1 heterocycles. The molecule has 1 saturated heterocycles. The molecule has 96 valence electrons. The van der Waals surface area contributed by atoms with Crippen LogP contribution in [0.5, 0.6) is 0 Å². The van der Waals surface area contributed by atoms with E-state index in [-0.39, 0.29) is 6.04 Å². The molecule has 0 radical (unpaired) electrons. The number of nitrogens with zero attached hydrogens (tertiary/aromatic N) is 2. The maximum Gasteiger partial charge on any atom is 0.281 e. The number of hydrogen-bond acceptors (Lipinski definition) is 3. The van der Waals surface area contributed by atoms with Crippen LogP contribution in [-0.4, -0.2) is 56.8 Å². The first-order valence-electron chi connectivity index (χ1n) is 5.77. The van der Waals surface area contributed by atoms with Crippen LogP contribution in [-0.2, 0) is 10.2 Å². The van der Waals surface area contributed by atoms with E-state index in [0.29, 0.717) is 12.5 Å². The van der Waals surface area contributed by atoms with Gasteiger partial charge in [0.05, 0.1) is 0 Å². The van der Waals surface area contributed by atoms with Gasteiger partial charge in [0.1, 0.15) is 0 Å². The van der Waals surface area contributed by atoms with Gasteiger partial charge in [-0.05, 0) is 18.9 Å². The first-order valence-corrected chi connectivity index (χ1v) is 7.17. The van der Waals surface area contributed by atoms with Crippen LogP contribution in [0.2, 0.25) is 0 Å². The fraction of sp³-hybridized carbons (Fsp3) is 1.00. The van der Waals surface area contributed by atoms with E-state index in [2.05, 4.69) is 19.2 Å². The molecule has 1 unspecified atom stereocenters. The van der Waals surface area contributed by atoms with Gasteiger partial charge in [-0.2, -0.15) is 17.0 Å². The third-order valence-electron chi connectivity index (χ3n) is 2.98. The standard InChI is InChI=1S/C10H23N3O2S/c1-9(2)10-8-11-6-5-7-13(10)16(14,15)12(3)4/h9-11H,5-8H2,1-4H3. The van der Waals surface area contributed by atoms with Gasteiger partial charge in [-0.25, -0.2) is 0 Å². The van der Waals surface area contributed by atoms with Gasteiger partial charge in [0.2, 0.25) is 0 Å². The summed E-state index contributed by atoms with van der Waals surface area (Å²) in [7, 11) is -0.114. The summed E-state index contributed by atoms with van der Waals surface area (Å²) in [6.07, 6.45) is 0.871. The quantitative estimate of drug-likeness (QED) is 0.772. The van der Waals surface area contributed by atoms with Gasteiger partial charge in [-0.3, -0.25) is 0 Å². The highest BCUT2D eigenvalue weighted by atomic mass is 32.2. The van der Waals surface area contributed by atoms with Gasteiger partial charge in [0, 0.05) is 33.2 Å². The van der Waals surface area contributed by atoms with Gasteiger partial charge in [0.15, 0.2) is 0 Å². The Hall–Kier alpha value is -0.170. The van der Waals surface area contributed by atoms with Crippen LogP contribution in [0, 0.1) is 5.92 Å². The van der Waals surface area contributed by atoms with Gasteiger partial charge in [-0.1, -0.05) is 13.8 Å². The third kappa shape index (κ3) is 2.94. The van der Waals surface area contributed by atoms with E-state index in [1.165, 1.54) is 4.31 Å². The van der Waals surface area contributed by atoms with Gasteiger partial charge in [-0.15, -0.1) is 0 Å². The van der Waals surface area contributed by atoms with Crippen molar-refractivity contribution in [3.63, 3.8) is 0 Å². The van der Waals surface area contributed by atoms with E-state index in [4.69, 9.17) is 0 Å². The maximum atomic E-state index is 12.2. The lowest BCUT2D eigenvalue weighted by molar-refractivity contribution is 0.258.